The average Bonchev–Trinajstić information content (AvgIpc) is 2.38. The van der Waals surface area contributed by atoms with Crippen LogP contribution in [-0.2, 0) is 0 Å². The van der Waals surface area contributed by atoms with Gasteiger partial charge in [0.25, 0.3) is 0 Å². The highest BCUT2D eigenvalue weighted by molar-refractivity contribution is 6.31. The van der Waals surface area contributed by atoms with Crippen LogP contribution < -0.4 is 10.1 Å². The molecule has 0 amide bonds. The van der Waals surface area contributed by atoms with E-state index >= 15 is 0 Å². The summed E-state index contributed by atoms with van der Waals surface area (Å²) in [7, 11) is 0. The van der Waals surface area contributed by atoms with Crippen molar-refractivity contribution in [1.29, 1.82) is 0 Å². The van der Waals surface area contributed by atoms with Gasteiger partial charge in [0.2, 0.25) is 0 Å². The number of aliphatic hydroxyl groups is 2. The molecule has 1 atom stereocenters. The van der Waals surface area contributed by atoms with Gasteiger partial charge in [-0.2, -0.15) is 0 Å². The lowest BCUT2D eigenvalue weighted by molar-refractivity contribution is 0.0400. The summed E-state index contributed by atoms with van der Waals surface area (Å²) in [6.45, 7) is 3.51. The van der Waals surface area contributed by atoms with Gasteiger partial charge in [-0.15, -0.1) is 0 Å². The third-order valence-electron chi connectivity index (χ3n) is 3.60. The van der Waals surface area contributed by atoms with E-state index in [0.717, 1.165) is 24.9 Å². The van der Waals surface area contributed by atoms with E-state index in [0.29, 0.717) is 23.2 Å². The van der Waals surface area contributed by atoms with Gasteiger partial charge in [-0.1, -0.05) is 11.6 Å². The molecule has 3 N–H and O–H groups in total. The zero-order valence-electron chi connectivity index (χ0n) is 11.7. The summed E-state index contributed by atoms with van der Waals surface area (Å²) >= 11 is 5.94. The first-order valence-corrected chi connectivity index (χ1v) is 7.38. The molecule has 0 bridgehead atoms. The fraction of sp³-hybridized carbons (Fsp3) is 0.600. The van der Waals surface area contributed by atoms with Crippen LogP contribution >= 0.6 is 11.6 Å². The molecule has 0 radical (unpaired) electrons. The van der Waals surface area contributed by atoms with Gasteiger partial charge in [-0.3, -0.25) is 0 Å². The number of aliphatic hydroxyl groups excluding tert-OH is 2. The van der Waals surface area contributed by atoms with Crippen molar-refractivity contribution in [2.24, 2.45) is 5.92 Å². The highest BCUT2D eigenvalue weighted by Crippen LogP contribution is 2.26. The summed E-state index contributed by atoms with van der Waals surface area (Å²) in [5.74, 6) is 1.25. The zero-order chi connectivity index (χ0) is 14.5. The highest BCUT2D eigenvalue weighted by Gasteiger charge is 2.26. The van der Waals surface area contributed by atoms with Gasteiger partial charge in [0.05, 0.1) is 6.10 Å². The number of hydrogen-bond acceptors (Lipinski definition) is 4. The van der Waals surface area contributed by atoms with Crippen LogP contribution in [0.1, 0.15) is 18.4 Å². The lowest BCUT2D eigenvalue weighted by Crippen LogP contribution is -2.39. The first-order chi connectivity index (χ1) is 9.54. The number of halogens is 1. The van der Waals surface area contributed by atoms with Gasteiger partial charge < -0.3 is 20.3 Å². The fourth-order valence-corrected chi connectivity index (χ4v) is 2.40. The summed E-state index contributed by atoms with van der Waals surface area (Å²) in [4.78, 5) is 0. The molecule has 2 rings (SSSR count). The Morgan fingerprint density at radius 2 is 2.20 bits per heavy atom. The van der Waals surface area contributed by atoms with E-state index in [1.165, 1.54) is 0 Å². The molecular formula is C15H22ClNO3. The molecule has 1 saturated carbocycles. The molecule has 1 aliphatic rings. The van der Waals surface area contributed by atoms with Crippen LogP contribution in [0.25, 0.3) is 0 Å². The topological polar surface area (TPSA) is 61.7 Å². The summed E-state index contributed by atoms with van der Waals surface area (Å²) in [5, 5.41) is 22.9. The Kier molecular flexibility index (Phi) is 5.66. The number of rotatable bonds is 7. The van der Waals surface area contributed by atoms with E-state index in [2.05, 4.69) is 5.32 Å². The van der Waals surface area contributed by atoms with Crippen molar-refractivity contribution in [2.45, 2.75) is 32.0 Å². The molecule has 0 aliphatic heterocycles. The normalized spacial score (nSPS) is 23.2. The molecule has 0 aromatic heterocycles. The molecule has 4 nitrogen and oxygen atoms in total. The van der Waals surface area contributed by atoms with E-state index < -0.39 is 6.10 Å². The smallest absolute Gasteiger partial charge is 0.119 e. The molecule has 1 aromatic rings. The van der Waals surface area contributed by atoms with Gasteiger partial charge in [-0.25, -0.2) is 0 Å². The number of benzene rings is 1. The monoisotopic (exact) mass is 299 g/mol. The Morgan fingerprint density at radius 3 is 2.85 bits per heavy atom. The zero-order valence-corrected chi connectivity index (χ0v) is 12.4. The van der Waals surface area contributed by atoms with Crippen LogP contribution in [0.4, 0.5) is 0 Å². The third kappa shape index (κ3) is 4.63. The second kappa shape index (κ2) is 7.27. The maximum Gasteiger partial charge on any atom is 0.119 e. The van der Waals surface area contributed by atoms with Crippen LogP contribution in [-0.4, -0.2) is 42.1 Å². The van der Waals surface area contributed by atoms with Crippen LogP contribution in [0.15, 0.2) is 18.2 Å². The van der Waals surface area contributed by atoms with Crippen molar-refractivity contribution >= 4 is 11.6 Å². The summed E-state index contributed by atoms with van der Waals surface area (Å²) in [6, 6.07) is 5.45. The standard InChI is InChI=1S/C15H22ClNO3/c1-10-4-14(2-3-15(10)16)20-9-13(19)8-17-7-11-5-12(18)6-11/h2-4,11-13,17-19H,5-9H2,1H3. The lowest BCUT2D eigenvalue weighted by atomic mass is 9.82. The van der Waals surface area contributed by atoms with Crippen molar-refractivity contribution in [3.8, 4) is 5.75 Å². The predicted octanol–water partition coefficient (Wildman–Crippen LogP) is 1.75. The first kappa shape index (κ1) is 15.6. The van der Waals surface area contributed by atoms with Crippen molar-refractivity contribution < 1.29 is 14.9 Å². The Bertz CT molecular complexity index is 435. The molecule has 1 aliphatic carbocycles. The van der Waals surface area contributed by atoms with Crippen LogP contribution in [0.2, 0.25) is 5.02 Å². The van der Waals surface area contributed by atoms with Crippen molar-refractivity contribution in [1.82, 2.24) is 5.32 Å². The second-order valence-corrected chi connectivity index (χ2v) is 5.93. The lowest BCUT2D eigenvalue weighted by Gasteiger charge is -2.31. The summed E-state index contributed by atoms with van der Waals surface area (Å²) in [6.07, 6.45) is 1.06. The fourth-order valence-electron chi connectivity index (χ4n) is 2.28. The van der Waals surface area contributed by atoms with E-state index in [9.17, 15) is 10.2 Å². The number of hydrogen-bond donors (Lipinski definition) is 3. The Balaban J connectivity index is 1.61. The van der Waals surface area contributed by atoms with E-state index in [4.69, 9.17) is 16.3 Å². The molecule has 112 valence electrons. The largest absolute Gasteiger partial charge is 0.491 e. The van der Waals surface area contributed by atoms with Gasteiger partial charge in [0, 0.05) is 11.6 Å². The molecule has 5 heteroatoms. The van der Waals surface area contributed by atoms with Crippen LogP contribution in [0.3, 0.4) is 0 Å². The van der Waals surface area contributed by atoms with E-state index in [1.807, 2.05) is 13.0 Å². The number of aryl methyl sites for hydroxylation is 1. The SMILES string of the molecule is Cc1cc(OCC(O)CNCC2CC(O)C2)ccc1Cl. The predicted molar refractivity (Wildman–Crippen MR) is 79.3 cm³/mol. The van der Waals surface area contributed by atoms with Crippen molar-refractivity contribution in [2.75, 3.05) is 19.7 Å². The third-order valence-corrected chi connectivity index (χ3v) is 4.02. The van der Waals surface area contributed by atoms with E-state index in [-0.39, 0.29) is 12.7 Å². The quantitative estimate of drug-likeness (QED) is 0.718. The van der Waals surface area contributed by atoms with Crippen LogP contribution in [0, 0.1) is 12.8 Å². The van der Waals surface area contributed by atoms with Gasteiger partial charge in [0.1, 0.15) is 18.5 Å². The molecule has 0 heterocycles. The van der Waals surface area contributed by atoms with Gasteiger partial charge >= 0.3 is 0 Å². The maximum atomic E-state index is 9.83. The molecule has 0 saturated heterocycles. The second-order valence-electron chi connectivity index (χ2n) is 5.53. The molecular weight excluding hydrogens is 278 g/mol. The Morgan fingerprint density at radius 1 is 1.45 bits per heavy atom. The minimum absolute atomic E-state index is 0.122. The van der Waals surface area contributed by atoms with Crippen molar-refractivity contribution in [3.63, 3.8) is 0 Å². The summed E-state index contributed by atoms with van der Waals surface area (Å²) in [5.41, 5.74) is 0.959. The molecule has 1 unspecified atom stereocenters. The molecule has 20 heavy (non-hydrogen) atoms. The molecule has 1 fully saturated rings. The average molecular weight is 300 g/mol. The minimum atomic E-state index is -0.545. The van der Waals surface area contributed by atoms with Crippen molar-refractivity contribution in [3.05, 3.63) is 28.8 Å². The van der Waals surface area contributed by atoms with E-state index in [1.54, 1.807) is 12.1 Å². The maximum absolute atomic E-state index is 9.83. The highest BCUT2D eigenvalue weighted by atomic mass is 35.5. The Labute approximate surface area is 124 Å². The van der Waals surface area contributed by atoms with Crippen LogP contribution in [0.5, 0.6) is 5.75 Å². The Hall–Kier alpha value is -0.810. The minimum Gasteiger partial charge on any atom is -0.491 e. The van der Waals surface area contributed by atoms with Gasteiger partial charge in [-0.05, 0) is 56.0 Å². The molecule has 0 spiro atoms. The summed E-state index contributed by atoms with van der Waals surface area (Å²) < 4.78 is 5.53. The van der Waals surface area contributed by atoms with Gasteiger partial charge in [0.15, 0.2) is 0 Å². The number of nitrogens with one attached hydrogen (secondary N) is 1. The molecule has 1 aromatic carbocycles. The number of ether oxygens (including phenoxy) is 1. The first-order valence-electron chi connectivity index (χ1n) is 7.00.